The van der Waals surface area contributed by atoms with E-state index in [9.17, 15) is 9.59 Å². The van der Waals surface area contributed by atoms with Gasteiger partial charge in [-0.05, 0) is 25.0 Å². The molecule has 1 aromatic heterocycles. The largest absolute Gasteiger partial charge is 0.342 e. The monoisotopic (exact) mass is 220 g/mol. The quantitative estimate of drug-likeness (QED) is 0.835. The number of ketones is 1. The Labute approximate surface area is 95.1 Å². The van der Waals surface area contributed by atoms with Gasteiger partial charge < -0.3 is 5.32 Å². The Hall–Kier alpha value is -1.71. The zero-order valence-corrected chi connectivity index (χ0v) is 9.73. The first-order chi connectivity index (χ1) is 7.52. The topological polar surface area (TPSA) is 59.1 Å². The number of carbonyl (C=O) groups excluding carboxylic acids is 2. The number of Topliss-reactive ketones (excluding diaryl/α,β-unsaturated/α-hetero) is 1. The fraction of sp³-hybridized carbons (Fsp3) is 0.417. The van der Waals surface area contributed by atoms with Gasteiger partial charge in [0.2, 0.25) is 0 Å². The second-order valence-electron chi connectivity index (χ2n) is 4.04. The first-order valence-electron chi connectivity index (χ1n) is 5.23. The summed E-state index contributed by atoms with van der Waals surface area (Å²) >= 11 is 0. The number of hydrogen-bond donors (Lipinski definition) is 1. The highest BCUT2D eigenvalue weighted by Gasteiger charge is 2.20. The van der Waals surface area contributed by atoms with Gasteiger partial charge in [0.1, 0.15) is 0 Å². The Morgan fingerprint density at radius 2 is 1.81 bits per heavy atom. The van der Waals surface area contributed by atoms with E-state index in [0.29, 0.717) is 5.56 Å². The van der Waals surface area contributed by atoms with Crippen molar-refractivity contribution in [2.75, 3.05) is 0 Å². The molecule has 0 saturated carbocycles. The Morgan fingerprint density at radius 1 is 1.25 bits per heavy atom. The van der Waals surface area contributed by atoms with Gasteiger partial charge in [0, 0.05) is 18.0 Å². The minimum Gasteiger partial charge on any atom is -0.342 e. The van der Waals surface area contributed by atoms with Crippen molar-refractivity contribution < 1.29 is 9.59 Å². The minimum atomic E-state index is -0.430. The van der Waals surface area contributed by atoms with E-state index in [2.05, 4.69) is 10.3 Å². The van der Waals surface area contributed by atoms with Gasteiger partial charge in [0.05, 0.1) is 6.04 Å². The van der Waals surface area contributed by atoms with Gasteiger partial charge in [-0.15, -0.1) is 0 Å². The SMILES string of the molecule is CC(=O)C(NC(=O)c1ccncc1)C(C)C. The lowest BCUT2D eigenvalue weighted by molar-refractivity contribution is -0.119. The molecule has 0 aromatic carbocycles. The van der Waals surface area contributed by atoms with E-state index in [1.807, 2.05) is 13.8 Å². The van der Waals surface area contributed by atoms with Crippen LogP contribution in [0.2, 0.25) is 0 Å². The number of pyridine rings is 1. The number of hydrogen-bond acceptors (Lipinski definition) is 3. The van der Waals surface area contributed by atoms with Gasteiger partial charge in [-0.1, -0.05) is 13.8 Å². The van der Waals surface area contributed by atoms with Crippen LogP contribution in [0.25, 0.3) is 0 Å². The number of nitrogens with zero attached hydrogens (tertiary/aromatic N) is 1. The molecule has 0 spiro atoms. The van der Waals surface area contributed by atoms with Gasteiger partial charge in [-0.3, -0.25) is 14.6 Å². The van der Waals surface area contributed by atoms with E-state index in [0.717, 1.165) is 0 Å². The Bertz CT molecular complexity index is 374. The minimum absolute atomic E-state index is 0.0302. The molecule has 4 nitrogen and oxygen atoms in total. The van der Waals surface area contributed by atoms with Gasteiger partial charge in [0.25, 0.3) is 5.91 Å². The van der Waals surface area contributed by atoms with Crippen LogP contribution in [-0.2, 0) is 4.79 Å². The average Bonchev–Trinajstić information content (AvgIpc) is 2.25. The normalized spacial score (nSPS) is 12.2. The number of rotatable bonds is 4. The third-order valence-electron chi connectivity index (χ3n) is 2.33. The Kier molecular flexibility index (Phi) is 4.17. The molecule has 0 radical (unpaired) electrons. The molecular formula is C12H16N2O2. The molecule has 1 N–H and O–H groups in total. The molecule has 0 aliphatic rings. The molecule has 1 atom stereocenters. The summed E-state index contributed by atoms with van der Waals surface area (Å²) in [5, 5.41) is 2.72. The molecule has 1 rings (SSSR count). The standard InChI is InChI=1S/C12H16N2O2/c1-8(2)11(9(3)15)14-12(16)10-4-6-13-7-5-10/h4-8,11H,1-3H3,(H,14,16). The van der Waals surface area contributed by atoms with Crippen molar-refractivity contribution in [1.82, 2.24) is 10.3 Å². The second-order valence-corrected chi connectivity index (χ2v) is 4.04. The van der Waals surface area contributed by atoms with Crippen LogP contribution in [0.3, 0.4) is 0 Å². The van der Waals surface area contributed by atoms with Crippen LogP contribution < -0.4 is 5.32 Å². The summed E-state index contributed by atoms with van der Waals surface area (Å²) in [6, 6.07) is 2.81. The Morgan fingerprint density at radius 3 is 2.25 bits per heavy atom. The summed E-state index contributed by atoms with van der Waals surface area (Å²) in [6.07, 6.45) is 3.10. The number of aromatic nitrogens is 1. The third kappa shape index (κ3) is 3.15. The van der Waals surface area contributed by atoms with Crippen molar-refractivity contribution in [3.05, 3.63) is 30.1 Å². The molecule has 4 heteroatoms. The molecule has 16 heavy (non-hydrogen) atoms. The average molecular weight is 220 g/mol. The zero-order chi connectivity index (χ0) is 12.1. The van der Waals surface area contributed by atoms with Gasteiger partial charge >= 0.3 is 0 Å². The first kappa shape index (κ1) is 12.4. The highest BCUT2D eigenvalue weighted by Crippen LogP contribution is 2.05. The smallest absolute Gasteiger partial charge is 0.251 e. The highest BCUT2D eigenvalue weighted by atomic mass is 16.2. The molecule has 0 fully saturated rings. The van der Waals surface area contributed by atoms with Gasteiger partial charge in [-0.2, -0.15) is 0 Å². The van der Waals surface area contributed by atoms with Gasteiger partial charge in [-0.25, -0.2) is 0 Å². The maximum atomic E-state index is 11.8. The van der Waals surface area contributed by atoms with Crippen LogP contribution in [0.5, 0.6) is 0 Å². The number of amides is 1. The summed E-state index contributed by atoms with van der Waals surface area (Å²) in [4.78, 5) is 26.9. The molecule has 86 valence electrons. The molecule has 0 saturated heterocycles. The molecule has 0 aliphatic carbocycles. The van der Waals surface area contributed by atoms with Crippen LogP contribution in [0.1, 0.15) is 31.1 Å². The first-order valence-corrected chi connectivity index (χ1v) is 5.23. The van der Waals surface area contributed by atoms with Crippen molar-refractivity contribution in [2.45, 2.75) is 26.8 Å². The predicted octanol–water partition coefficient (Wildman–Crippen LogP) is 1.42. The molecule has 1 heterocycles. The van der Waals surface area contributed by atoms with E-state index < -0.39 is 6.04 Å². The predicted molar refractivity (Wildman–Crippen MR) is 61.0 cm³/mol. The van der Waals surface area contributed by atoms with E-state index in [-0.39, 0.29) is 17.6 Å². The van der Waals surface area contributed by atoms with Crippen LogP contribution in [-0.4, -0.2) is 22.7 Å². The lowest BCUT2D eigenvalue weighted by Crippen LogP contribution is -2.43. The van der Waals surface area contributed by atoms with Crippen LogP contribution in [0, 0.1) is 5.92 Å². The van der Waals surface area contributed by atoms with Crippen LogP contribution >= 0.6 is 0 Å². The maximum absolute atomic E-state index is 11.8. The molecule has 1 unspecified atom stereocenters. The second kappa shape index (κ2) is 5.39. The van der Waals surface area contributed by atoms with Crippen molar-refractivity contribution in [2.24, 2.45) is 5.92 Å². The molecule has 1 aromatic rings. The van der Waals surface area contributed by atoms with Crippen molar-refractivity contribution in [3.8, 4) is 0 Å². The van der Waals surface area contributed by atoms with E-state index in [1.54, 1.807) is 24.5 Å². The third-order valence-corrected chi connectivity index (χ3v) is 2.33. The van der Waals surface area contributed by atoms with Crippen LogP contribution in [0.4, 0.5) is 0 Å². The lowest BCUT2D eigenvalue weighted by atomic mass is 10.0. The summed E-state index contributed by atoms with van der Waals surface area (Å²) < 4.78 is 0. The summed E-state index contributed by atoms with van der Waals surface area (Å²) in [7, 11) is 0. The molecule has 0 bridgehead atoms. The van der Waals surface area contributed by atoms with Gasteiger partial charge in [0.15, 0.2) is 5.78 Å². The van der Waals surface area contributed by atoms with E-state index >= 15 is 0 Å². The molecular weight excluding hydrogens is 204 g/mol. The summed E-state index contributed by atoms with van der Waals surface area (Å²) in [5.41, 5.74) is 0.516. The Balaban J connectivity index is 2.74. The van der Waals surface area contributed by atoms with Crippen molar-refractivity contribution in [1.29, 1.82) is 0 Å². The number of carbonyl (C=O) groups is 2. The van der Waals surface area contributed by atoms with Crippen molar-refractivity contribution in [3.63, 3.8) is 0 Å². The molecule has 0 aliphatic heterocycles. The van der Waals surface area contributed by atoms with E-state index in [4.69, 9.17) is 0 Å². The summed E-state index contributed by atoms with van der Waals surface area (Å²) in [6.45, 7) is 5.29. The highest BCUT2D eigenvalue weighted by molar-refractivity contribution is 5.97. The van der Waals surface area contributed by atoms with E-state index in [1.165, 1.54) is 6.92 Å². The fourth-order valence-electron chi connectivity index (χ4n) is 1.47. The molecule has 1 amide bonds. The number of nitrogens with one attached hydrogen (secondary N) is 1. The zero-order valence-electron chi connectivity index (χ0n) is 9.73. The summed E-state index contributed by atoms with van der Waals surface area (Å²) in [5.74, 6) is -0.183. The maximum Gasteiger partial charge on any atom is 0.251 e. The fourth-order valence-corrected chi connectivity index (χ4v) is 1.47. The lowest BCUT2D eigenvalue weighted by Gasteiger charge is -2.19. The van der Waals surface area contributed by atoms with Crippen LogP contribution in [0.15, 0.2) is 24.5 Å². The van der Waals surface area contributed by atoms with Crippen molar-refractivity contribution >= 4 is 11.7 Å².